The summed E-state index contributed by atoms with van der Waals surface area (Å²) in [5.41, 5.74) is 0.164. The SMILES string of the molecule is CCOC(=O)N1CCC(NC(=O)C2(c3cc(-c4ccccc4F)on3)CC2)CC1. The Morgan fingerprint density at radius 1 is 1.31 bits per heavy atom. The van der Waals surface area contributed by atoms with Crippen LogP contribution < -0.4 is 5.32 Å². The highest BCUT2D eigenvalue weighted by Gasteiger charge is 2.54. The smallest absolute Gasteiger partial charge is 0.409 e. The molecular weight excluding hydrogens is 377 g/mol. The van der Waals surface area contributed by atoms with Crippen molar-refractivity contribution >= 4 is 12.0 Å². The van der Waals surface area contributed by atoms with Crippen LogP contribution in [0.2, 0.25) is 0 Å². The number of carbonyl (C=O) groups is 2. The molecule has 1 N–H and O–H groups in total. The van der Waals surface area contributed by atoms with Gasteiger partial charge in [0.25, 0.3) is 0 Å². The minimum atomic E-state index is -0.703. The number of nitrogens with one attached hydrogen (secondary N) is 1. The first-order valence-corrected chi connectivity index (χ1v) is 9.98. The van der Waals surface area contributed by atoms with Gasteiger partial charge in [-0.05, 0) is 44.7 Å². The Bertz CT molecular complexity index is 901. The lowest BCUT2D eigenvalue weighted by atomic mass is 9.98. The maximum Gasteiger partial charge on any atom is 0.409 e. The Kier molecular flexibility index (Phi) is 5.25. The maximum absolute atomic E-state index is 14.0. The van der Waals surface area contributed by atoms with Crippen LogP contribution in [0.15, 0.2) is 34.9 Å². The van der Waals surface area contributed by atoms with Gasteiger partial charge in [-0.15, -0.1) is 0 Å². The molecule has 0 unspecified atom stereocenters. The number of rotatable bonds is 5. The lowest BCUT2D eigenvalue weighted by Gasteiger charge is -2.32. The van der Waals surface area contributed by atoms with Crippen LogP contribution in [0.1, 0.15) is 38.3 Å². The molecule has 154 valence electrons. The van der Waals surface area contributed by atoms with Gasteiger partial charge in [-0.1, -0.05) is 17.3 Å². The predicted octanol–water partition coefficient (Wildman–Crippen LogP) is 3.25. The van der Waals surface area contributed by atoms with Gasteiger partial charge >= 0.3 is 6.09 Å². The number of likely N-dealkylation sites (tertiary alicyclic amines) is 1. The number of aromatic nitrogens is 1. The fraction of sp³-hybridized carbons (Fsp3) is 0.476. The van der Waals surface area contributed by atoms with E-state index in [9.17, 15) is 14.0 Å². The van der Waals surface area contributed by atoms with E-state index in [4.69, 9.17) is 9.26 Å². The molecule has 1 aromatic carbocycles. The van der Waals surface area contributed by atoms with Crippen molar-refractivity contribution < 1.29 is 23.2 Å². The summed E-state index contributed by atoms with van der Waals surface area (Å²) in [4.78, 5) is 26.4. The highest BCUT2D eigenvalue weighted by atomic mass is 19.1. The number of carbonyl (C=O) groups excluding carboxylic acids is 2. The molecular formula is C21H24FN3O4. The molecule has 2 aromatic rings. The fourth-order valence-corrected chi connectivity index (χ4v) is 3.76. The van der Waals surface area contributed by atoms with Crippen LogP contribution >= 0.6 is 0 Å². The Labute approximate surface area is 168 Å². The summed E-state index contributed by atoms with van der Waals surface area (Å²) in [6, 6.07) is 7.98. The molecule has 0 radical (unpaired) electrons. The van der Waals surface area contributed by atoms with Gasteiger partial charge in [0, 0.05) is 25.2 Å². The molecule has 2 amide bonds. The first-order valence-electron chi connectivity index (χ1n) is 9.98. The molecule has 0 bridgehead atoms. The zero-order valence-electron chi connectivity index (χ0n) is 16.3. The standard InChI is InChI=1S/C21H24FN3O4/c1-2-28-20(27)25-11-7-14(8-12-25)23-19(26)21(9-10-21)18-13-17(29-24-18)15-5-3-4-6-16(15)22/h3-6,13-14H,2,7-12H2,1H3,(H,23,26). The van der Waals surface area contributed by atoms with Gasteiger partial charge in [0.2, 0.25) is 5.91 Å². The van der Waals surface area contributed by atoms with E-state index in [1.54, 1.807) is 36.1 Å². The van der Waals surface area contributed by atoms with E-state index in [2.05, 4.69) is 10.5 Å². The minimum Gasteiger partial charge on any atom is -0.450 e. The first kappa shape index (κ1) is 19.4. The summed E-state index contributed by atoms with van der Waals surface area (Å²) < 4.78 is 24.4. The average molecular weight is 401 g/mol. The average Bonchev–Trinajstić information content (AvgIpc) is 3.40. The first-order chi connectivity index (χ1) is 14.0. The van der Waals surface area contributed by atoms with Gasteiger partial charge in [-0.2, -0.15) is 0 Å². The van der Waals surface area contributed by atoms with E-state index < -0.39 is 11.2 Å². The van der Waals surface area contributed by atoms with E-state index in [-0.39, 0.29) is 18.0 Å². The van der Waals surface area contributed by atoms with Crippen LogP contribution in [0.25, 0.3) is 11.3 Å². The van der Waals surface area contributed by atoms with Crippen molar-refractivity contribution in [2.45, 2.75) is 44.1 Å². The summed E-state index contributed by atoms with van der Waals surface area (Å²) >= 11 is 0. The summed E-state index contributed by atoms with van der Waals surface area (Å²) in [7, 11) is 0. The molecule has 1 aliphatic carbocycles. The van der Waals surface area contributed by atoms with Crippen molar-refractivity contribution in [2.75, 3.05) is 19.7 Å². The van der Waals surface area contributed by atoms with Crippen molar-refractivity contribution in [3.8, 4) is 11.3 Å². The maximum atomic E-state index is 14.0. The molecule has 2 heterocycles. The summed E-state index contributed by atoms with van der Waals surface area (Å²) in [5, 5.41) is 7.16. The summed E-state index contributed by atoms with van der Waals surface area (Å²) in [6.07, 6.45) is 2.42. The lowest BCUT2D eigenvalue weighted by Crippen LogP contribution is -2.49. The third kappa shape index (κ3) is 3.83. The fourth-order valence-electron chi connectivity index (χ4n) is 3.76. The van der Waals surface area contributed by atoms with Crippen LogP contribution in [0, 0.1) is 5.82 Å². The number of hydrogen-bond donors (Lipinski definition) is 1. The molecule has 29 heavy (non-hydrogen) atoms. The Morgan fingerprint density at radius 2 is 2.03 bits per heavy atom. The monoisotopic (exact) mass is 401 g/mol. The Balaban J connectivity index is 1.39. The van der Waals surface area contributed by atoms with Crippen molar-refractivity contribution in [1.82, 2.24) is 15.4 Å². The number of benzene rings is 1. The van der Waals surface area contributed by atoms with Crippen molar-refractivity contribution in [2.24, 2.45) is 0 Å². The highest BCUT2D eigenvalue weighted by Crippen LogP contribution is 2.48. The molecule has 4 rings (SSSR count). The molecule has 8 heteroatoms. The second kappa shape index (κ2) is 7.85. The Hall–Kier alpha value is -2.90. The van der Waals surface area contributed by atoms with Crippen molar-refractivity contribution in [3.63, 3.8) is 0 Å². The number of ether oxygens (including phenoxy) is 1. The minimum absolute atomic E-state index is 0.00332. The molecule has 1 aliphatic heterocycles. The van der Waals surface area contributed by atoms with E-state index in [0.29, 0.717) is 62.4 Å². The predicted molar refractivity (Wildman–Crippen MR) is 103 cm³/mol. The number of amides is 2. The van der Waals surface area contributed by atoms with E-state index in [1.165, 1.54) is 6.07 Å². The van der Waals surface area contributed by atoms with Gasteiger partial charge in [0.05, 0.1) is 23.3 Å². The van der Waals surface area contributed by atoms with E-state index in [1.807, 2.05) is 0 Å². The van der Waals surface area contributed by atoms with Gasteiger partial charge in [0.1, 0.15) is 5.82 Å². The largest absolute Gasteiger partial charge is 0.450 e. The zero-order valence-corrected chi connectivity index (χ0v) is 16.3. The number of halogens is 1. The molecule has 0 atom stereocenters. The van der Waals surface area contributed by atoms with Gasteiger partial charge in [-0.3, -0.25) is 4.79 Å². The van der Waals surface area contributed by atoms with Gasteiger partial charge < -0.3 is 19.5 Å². The third-order valence-corrected chi connectivity index (χ3v) is 5.68. The molecule has 0 spiro atoms. The lowest BCUT2D eigenvalue weighted by molar-refractivity contribution is -0.124. The zero-order chi connectivity index (χ0) is 20.4. The van der Waals surface area contributed by atoms with E-state index >= 15 is 0 Å². The quantitative estimate of drug-likeness (QED) is 0.831. The number of piperidine rings is 1. The highest BCUT2D eigenvalue weighted by molar-refractivity contribution is 5.91. The van der Waals surface area contributed by atoms with Gasteiger partial charge in [0.15, 0.2) is 5.76 Å². The second-order valence-electron chi connectivity index (χ2n) is 7.57. The van der Waals surface area contributed by atoms with Crippen LogP contribution in [0.4, 0.5) is 9.18 Å². The van der Waals surface area contributed by atoms with Gasteiger partial charge in [-0.25, -0.2) is 9.18 Å². The molecule has 1 saturated heterocycles. The topological polar surface area (TPSA) is 84.7 Å². The molecule has 7 nitrogen and oxygen atoms in total. The molecule has 2 fully saturated rings. The number of hydrogen-bond acceptors (Lipinski definition) is 5. The normalized spacial score (nSPS) is 18.3. The van der Waals surface area contributed by atoms with Crippen LogP contribution in [-0.2, 0) is 14.9 Å². The van der Waals surface area contributed by atoms with Crippen molar-refractivity contribution in [3.05, 3.63) is 41.8 Å². The molecule has 1 saturated carbocycles. The van der Waals surface area contributed by atoms with E-state index in [0.717, 1.165) is 0 Å². The van der Waals surface area contributed by atoms with Crippen LogP contribution in [0.3, 0.4) is 0 Å². The Morgan fingerprint density at radius 3 is 2.69 bits per heavy atom. The molecule has 2 aliphatic rings. The number of nitrogens with zero attached hydrogens (tertiary/aromatic N) is 2. The van der Waals surface area contributed by atoms with Crippen LogP contribution in [0.5, 0.6) is 0 Å². The van der Waals surface area contributed by atoms with Crippen LogP contribution in [-0.4, -0.2) is 47.8 Å². The van der Waals surface area contributed by atoms with Crippen molar-refractivity contribution in [1.29, 1.82) is 0 Å². The summed E-state index contributed by atoms with van der Waals surface area (Å²) in [6.45, 7) is 3.24. The third-order valence-electron chi connectivity index (χ3n) is 5.68. The second-order valence-corrected chi connectivity index (χ2v) is 7.57. The summed E-state index contributed by atoms with van der Waals surface area (Å²) in [5.74, 6) is -0.154. The molecule has 1 aromatic heterocycles.